The number of imidazole rings is 1. The molecule has 1 aliphatic carbocycles. The number of thiocarbonyl (C=S) groups is 1. The highest BCUT2D eigenvalue weighted by Gasteiger charge is 2.52. The minimum absolute atomic E-state index is 0.0623. The topological polar surface area (TPSA) is 59.7 Å². The van der Waals surface area contributed by atoms with Gasteiger partial charge in [0.2, 0.25) is 0 Å². The number of rotatable bonds is 3. The lowest BCUT2D eigenvalue weighted by atomic mass is 9.68. The summed E-state index contributed by atoms with van der Waals surface area (Å²) in [5.74, 6) is -0.316. The van der Waals surface area contributed by atoms with E-state index in [9.17, 15) is 4.39 Å². The van der Waals surface area contributed by atoms with E-state index >= 15 is 0 Å². The van der Waals surface area contributed by atoms with Gasteiger partial charge in [-0.3, -0.25) is 4.68 Å². The highest BCUT2D eigenvalue weighted by molar-refractivity contribution is 7.80. The van der Waals surface area contributed by atoms with Crippen molar-refractivity contribution in [1.29, 1.82) is 0 Å². The number of aryl methyl sites for hydroxylation is 1. The molecule has 2 aromatic carbocycles. The molecule has 0 radical (unpaired) electrons. The monoisotopic (exact) mass is 444 g/mol. The Kier molecular flexibility index (Phi) is 4.19. The summed E-state index contributed by atoms with van der Waals surface area (Å²) in [6.45, 7) is 0. The van der Waals surface area contributed by atoms with E-state index in [0.29, 0.717) is 16.4 Å². The maximum Gasteiger partial charge on any atom is 0.170 e. The smallest absolute Gasteiger partial charge is 0.170 e. The molecule has 0 saturated heterocycles. The average molecular weight is 445 g/mol. The molecular formula is C24H21FN6S. The van der Waals surface area contributed by atoms with Crippen LogP contribution < -0.4 is 10.6 Å². The summed E-state index contributed by atoms with van der Waals surface area (Å²) in [7, 11) is 1.81. The fourth-order valence-electron chi connectivity index (χ4n) is 5.09. The van der Waals surface area contributed by atoms with Crippen LogP contribution in [0.2, 0.25) is 0 Å². The molecule has 1 saturated carbocycles. The maximum absolute atomic E-state index is 14.6. The Balaban J connectivity index is 1.13. The number of anilines is 1. The van der Waals surface area contributed by atoms with Crippen LogP contribution in [0.1, 0.15) is 18.4 Å². The number of hydrogen-bond acceptors (Lipinski definition) is 3. The molecule has 4 aromatic rings. The third-order valence-electron chi connectivity index (χ3n) is 6.55. The summed E-state index contributed by atoms with van der Waals surface area (Å²) >= 11 is 5.51. The number of fused-ring (bicyclic) bond motifs is 5. The molecule has 1 spiro atoms. The Hall–Kier alpha value is -3.52. The van der Waals surface area contributed by atoms with Gasteiger partial charge in [0.25, 0.3) is 0 Å². The van der Waals surface area contributed by atoms with Gasteiger partial charge in [0.05, 0.1) is 30.0 Å². The van der Waals surface area contributed by atoms with Crippen molar-refractivity contribution >= 4 is 23.0 Å². The van der Waals surface area contributed by atoms with Crippen LogP contribution in [0.15, 0.2) is 67.4 Å². The second kappa shape index (κ2) is 7.00. The van der Waals surface area contributed by atoms with Gasteiger partial charge in [-0.25, -0.2) is 9.37 Å². The molecule has 1 fully saturated rings. The molecular weight excluding hydrogens is 423 g/mol. The Bertz CT molecular complexity index is 1350. The number of hydrogen-bond donors (Lipinski definition) is 2. The Morgan fingerprint density at radius 1 is 1.16 bits per heavy atom. The first-order valence-corrected chi connectivity index (χ1v) is 10.9. The molecule has 2 N–H and O–H groups in total. The van der Waals surface area contributed by atoms with Crippen LogP contribution >= 0.6 is 12.2 Å². The van der Waals surface area contributed by atoms with Gasteiger partial charge in [-0.1, -0.05) is 24.3 Å². The highest BCUT2D eigenvalue weighted by Crippen LogP contribution is 2.54. The van der Waals surface area contributed by atoms with Crippen molar-refractivity contribution < 1.29 is 4.39 Å². The van der Waals surface area contributed by atoms with E-state index in [1.165, 1.54) is 22.9 Å². The summed E-state index contributed by atoms with van der Waals surface area (Å²) < 4.78 is 18.6. The minimum atomic E-state index is -0.316. The molecule has 8 heteroatoms. The fraction of sp³-hybridized carbons (Fsp3) is 0.208. The molecule has 0 amide bonds. The maximum atomic E-state index is 14.6. The van der Waals surface area contributed by atoms with Crippen molar-refractivity contribution in [2.24, 2.45) is 7.05 Å². The summed E-state index contributed by atoms with van der Waals surface area (Å²) in [6, 6.07) is 13.8. The van der Waals surface area contributed by atoms with E-state index in [4.69, 9.17) is 12.2 Å². The van der Waals surface area contributed by atoms with Crippen LogP contribution in [0.5, 0.6) is 0 Å². The van der Waals surface area contributed by atoms with Crippen LogP contribution in [0.25, 0.3) is 22.4 Å². The largest absolute Gasteiger partial charge is 0.360 e. The molecule has 6 rings (SSSR count). The van der Waals surface area contributed by atoms with E-state index in [0.717, 1.165) is 18.4 Å². The van der Waals surface area contributed by atoms with E-state index in [-0.39, 0.29) is 17.4 Å². The Morgan fingerprint density at radius 3 is 2.78 bits per heavy atom. The van der Waals surface area contributed by atoms with Gasteiger partial charge in [-0.2, -0.15) is 5.10 Å². The average Bonchev–Trinajstić information content (AvgIpc) is 3.44. The first kappa shape index (κ1) is 19.2. The van der Waals surface area contributed by atoms with Gasteiger partial charge in [-0.15, -0.1) is 0 Å². The Labute approximate surface area is 190 Å². The normalized spacial score (nSPS) is 20.5. The standard InChI is InChI=1S/C24H21FN6S/c1-30-13-15(11-27-30)18-7-6-16(8-21(18)25)28-23(32)29-17-9-24(10-17)20-5-3-2-4-19(20)22-12-26-14-31(22)24/h2-8,11-14,17H,9-10H2,1H3,(H2,28,29,32). The number of nitrogens with zero attached hydrogens (tertiary/aromatic N) is 4. The molecule has 1 aliphatic heterocycles. The molecule has 0 atom stereocenters. The number of halogens is 1. The Morgan fingerprint density at radius 2 is 2.00 bits per heavy atom. The molecule has 3 heterocycles. The molecule has 2 aliphatic rings. The summed E-state index contributed by atoms with van der Waals surface area (Å²) in [5, 5.41) is 11.1. The third kappa shape index (κ3) is 2.86. The lowest BCUT2D eigenvalue weighted by molar-refractivity contribution is 0.160. The van der Waals surface area contributed by atoms with Gasteiger partial charge < -0.3 is 15.2 Å². The number of benzene rings is 2. The second-order valence-corrected chi connectivity index (χ2v) is 8.94. The molecule has 0 bridgehead atoms. The second-order valence-electron chi connectivity index (χ2n) is 8.53. The quantitative estimate of drug-likeness (QED) is 0.462. The first-order valence-electron chi connectivity index (χ1n) is 10.5. The zero-order chi connectivity index (χ0) is 21.9. The zero-order valence-corrected chi connectivity index (χ0v) is 18.2. The van der Waals surface area contributed by atoms with Gasteiger partial charge >= 0.3 is 0 Å². The predicted octanol–water partition coefficient (Wildman–Crippen LogP) is 4.30. The van der Waals surface area contributed by atoms with Crippen molar-refractivity contribution in [3.05, 3.63) is 78.8 Å². The van der Waals surface area contributed by atoms with Gasteiger partial charge in [0, 0.05) is 41.7 Å². The van der Waals surface area contributed by atoms with Crippen molar-refractivity contribution in [2.75, 3.05) is 5.32 Å². The van der Waals surface area contributed by atoms with E-state index in [1.807, 2.05) is 25.6 Å². The van der Waals surface area contributed by atoms with Crippen molar-refractivity contribution in [1.82, 2.24) is 24.6 Å². The molecule has 160 valence electrons. The van der Waals surface area contributed by atoms with Crippen molar-refractivity contribution in [3.8, 4) is 22.4 Å². The fourth-order valence-corrected chi connectivity index (χ4v) is 5.38. The van der Waals surface area contributed by atoms with Crippen molar-refractivity contribution in [3.63, 3.8) is 0 Å². The lowest BCUT2D eigenvalue weighted by Gasteiger charge is -2.47. The van der Waals surface area contributed by atoms with E-state index < -0.39 is 0 Å². The molecule has 0 unspecified atom stereocenters. The van der Waals surface area contributed by atoms with Gasteiger partial charge in [0.15, 0.2) is 5.11 Å². The minimum Gasteiger partial charge on any atom is -0.360 e. The highest BCUT2D eigenvalue weighted by atomic mass is 32.1. The van der Waals surface area contributed by atoms with Crippen LogP contribution in [-0.4, -0.2) is 30.5 Å². The molecule has 32 heavy (non-hydrogen) atoms. The summed E-state index contributed by atoms with van der Waals surface area (Å²) in [4.78, 5) is 4.36. The van der Waals surface area contributed by atoms with Crippen LogP contribution in [0.4, 0.5) is 10.1 Å². The predicted molar refractivity (Wildman–Crippen MR) is 126 cm³/mol. The van der Waals surface area contributed by atoms with Crippen LogP contribution in [0, 0.1) is 5.82 Å². The first-order chi connectivity index (χ1) is 15.5. The van der Waals surface area contributed by atoms with Crippen molar-refractivity contribution in [2.45, 2.75) is 24.4 Å². The SMILES string of the molecule is Cn1cc(-c2ccc(NC(=S)NC3CC4(C3)c3ccccc3-c3cncn34)cc2F)cn1. The van der Waals surface area contributed by atoms with Crippen LogP contribution in [0.3, 0.4) is 0 Å². The molecule has 2 aromatic heterocycles. The third-order valence-corrected chi connectivity index (χ3v) is 6.77. The van der Waals surface area contributed by atoms with Crippen LogP contribution in [-0.2, 0) is 12.6 Å². The lowest BCUT2D eigenvalue weighted by Crippen LogP contribution is -2.56. The summed E-state index contributed by atoms with van der Waals surface area (Å²) in [5.41, 5.74) is 5.59. The zero-order valence-electron chi connectivity index (χ0n) is 17.4. The van der Waals surface area contributed by atoms with Gasteiger partial charge in [0.1, 0.15) is 5.82 Å². The van der Waals surface area contributed by atoms with E-state index in [2.05, 4.69) is 49.5 Å². The summed E-state index contributed by atoms with van der Waals surface area (Å²) in [6.07, 6.45) is 9.14. The number of nitrogens with one attached hydrogen (secondary N) is 2. The van der Waals surface area contributed by atoms with Gasteiger partial charge in [-0.05, 0) is 48.8 Å². The molecule has 6 nitrogen and oxygen atoms in total. The number of aromatic nitrogens is 4. The van der Waals surface area contributed by atoms with E-state index in [1.54, 1.807) is 23.1 Å².